The Kier molecular flexibility index (Phi) is 4.89. The van der Waals surface area contributed by atoms with Gasteiger partial charge in [-0.2, -0.15) is 0 Å². The van der Waals surface area contributed by atoms with E-state index < -0.39 is 0 Å². The molecule has 0 aromatic carbocycles. The molecule has 3 unspecified atom stereocenters. The van der Waals surface area contributed by atoms with Gasteiger partial charge in [0.25, 0.3) is 0 Å². The molecule has 3 heteroatoms. The van der Waals surface area contributed by atoms with Crippen LogP contribution in [0.2, 0.25) is 0 Å². The fourth-order valence-electron chi connectivity index (χ4n) is 3.56. The van der Waals surface area contributed by atoms with E-state index in [1.54, 1.807) is 0 Å². The topological polar surface area (TPSA) is 20.3 Å². The second-order valence-corrected chi connectivity index (χ2v) is 6.44. The normalized spacial score (nSPS) is 30.8. The Morgan fingerprint density at radius 3 is 2.65 bits per heavy atom. The zero-order chi connectivity index (χ0) is 12.3. The first-order valence-corrected chi connectivity index (χ1v) is 8.23. The Balaban J connectivity index is 1.91. The first-order valence-electron chi connectivity index (χ1n) is 7.11. The van der Waals surface area contributed by atoms with Gasteiger partial charge in [0.2, 0.25) is 5.91 Å². The molecule has 2 fully saturated rings. The number of alkyl halides is 1. The van der Waals surface area contributed by atoms with Crippen molar-refractivity contribution in [1.29, 1.82) is 0 Å². The van der Waals surface area contributed by atoms with Crippen molar-refractivity contribution in [2.75, 3.05) is 18.4 Å². The van der Waals surface area contributed by atoms with Crippen molar-refractivity contribution in [2.24, 2.45) is 17.8 Å². The number of unbranched alkanes of at least 4 members (excludes halogenated alkanes) is 1. The summed E-state index contributed by atoms with van der Waals surface area (Å²) in [5, 5.41) is 0.906. The van der Waals surface area contributed by atoms with Crippen molar-refractivity contribution in [3.8, 4) is 0 Å². The number of hydrogen-bond acceptors (Lipinski definition) is 1. The van der Waals surface area contributed by atoms with Crippen LogP contribution < -0.4 is 0 Å². The number of nitrogens with zero attached hydrogens (tertiary/aromatic N) is 1. The zero-order valence-electron chi connectivity index (χ0n) is 10.8. The summed E-state index contributed by atoms with van der Waals surface area (Å²) in [4.78, 5) is 14.6. The molecule has 1 amide bonds. The predicted octanol–water partition coefficient (Wildman–Crippen LogP) is 3.45. The van der Waals surface area contributed by atoms with E-state index in [0.717, 1.165) is 30.8 Å². The second kappa shape index (κ2) is 6.21. The van der Waals surface area contributed by atoms with Gasteiger partial charge in [-0.25, -0.2) is 0 Å². The maximum absolute atomic E-state index is 12.5. The summed E-state index contributed by atoms with van der Waals surface area (Å²) in [5.74, 6) is 2.40. The third-order valence-corrected chi connectivity index (χ3v) is 4.86. The van der Waals surface area contributed by atoms with Gasteiger partial charge < -0.3 is 4.90 Å². The van der Waals surface area contributed by atoms with Crippen molar-refractivity contribution in [1.82, 2.24) is 4.90 Å². The Morgan fingerprint density at radius 1 is 1.29 bits per heavy atom. The Morgan fingerprint density at radius 2 is 2.12 bits per heavy atom. The van der Waals surface area contributed by atoms with Gasteiger partial charge in [-0.05, 0) is 37.5 Å². The van der Waals surface area contributed by atoms with Crippen molar-refractivity contribution in [3.05, 3.63) is 0 Å². The van der Waals surface area contributed by atoms with Crippen LogP contribution in [0.5, 0.6) is 0 Å². The third kappa shape index (κ3) is 3.04. The lowest BCUT2D eigenvalue weighted by Gasteiger charge is -2.29. The predicted molar refractivity (Wildman–Crippen MR) is 74.2 cm³/mol. The maximum atomic E-state index is 12.5. The van der Waals surface area contributed by atoms with Gasteiger partial charge in [-0.1, -0.05) is 35.7 Å². The van der Waals surface area contributed by atoms with Crippen LogP contribution in [0.1, 0.15) is 45.4 Å². The molecule has 0 radical (unpaired) electrons. The van der Waals surface area contributed by atoms with Crippen LogP contribution in [0.15, 0.2) is 0 Å². The van der Waals surface area contributed by atoms with Crippen LogP contribution in [0.4, 0.5) is 0 Å². The van der Waals surface area contributed by atoms with Crippen LogP contribution in [-0.4, -0.2) is 29.2 Å². The summed E-state index contributed by atoms with van der Waals surface area (Å²) in [5.41, 5.74) is 0. The number of rotatable bonds is 6. The molecule has 0 spiro atoms. The molecule has 17 heavy (non-hydrogen) atoms. The van der Waals surface area contributed by atoms with Crippen LogP contribution in [0.25, 0.3) is 0 Å². The van der Waals surface area contributed by atoms with E-state index in [4.69, 9.17) is 0 Å². The van der Waals surface area contributed by atoms with Gasteiger partial charge in [0.15, 0.2) is 0 Å². The maximum Gasteiger partial charge on any atom is 0.225 e. The highest BCUT2D eigenvalue weighted by atomic mass is 79.9. The summed E-state index contributed by atoms with van der Waals surface area (Å²) in [6.45, 7) is 4.02. The fourth-order valence-corrected chi connectivity index (χ4v) is 3.99. The molecule has 2 nitrogen and oxygen atoms in total. The standard InChI is InChI=1S/C14H24BrNO/c1-2-3-7-16(8-6-15)14(17)13-10-11-4-5-12(13)9-11/h11-13H,2-10H2,1H3. The third-order valence-electron chi connectivity index (χ3n) is 4.50. The number of amides is 1. The molecule has 3 atom stereocenters. The minimum Gasteiger partial charge on any atom is -0.342 e. The van der Waals surface area contributed by atoms with E-state index in [9.17, 15) is 4.79 Å². The minimum absolute atomic E-state index is 0.365. The first-order chi connectivity index (χ1) is 8.26. The number of carbonyl (C=O) groups excluding carboxylic acids is 1. The van der Waals surface area contributed by atoms with Crippen LogP contribution in [0.3, 0.4) is 0 Å². The SMILES string of the molecule is CCCCN(CCBr)C(=O)C1CC2CCC1C2. The Labute approximate surface area is 113 Å². The number of fused-ring (bicyclic) bond motifs is 2. The van der Waals surface area contributed by atoms with Gasteiger partial charge in [-0.3, -0.25) is 4.79 Å². The molecule has 2 bridgehead atoms. The quantitative estimate of drug-likeness (QED) is 0.688. The van der Waals surface area contributed by atoms with Crippen molar-refractivity contribution < 1.29 is 4.79 Å². The molecule has 0 N–H and O–H groups in total. The van der Waals surface area contributed by atoms with E-state index in [-0.39, 0.29) is 0 Å². The van der Waals surface area contributed by atoms with Crippen LogP contribution in [0, 0.1) is 17.8 Å². The average molecular weight is 302 g/mol. The first kappa shape index (κ1) is 13.4. The van der Waals surface area contributed by atoms with Gasteiger partial charge >= 0.3 is 0 Å². The summed E-state index contributed by atoms with van der Waals surface area (Å²) in [6, 6.07) is 0. The molecule has 2 aliphatic carbocycles. The molecule has 2 aliphatic rings. The Hall–Kier alpha value is -0.0500. The molecule has 0 heterocycles. The van der Waals surface area contributed by atoms with Crippen molar-refractivity contribution in [3.63, 3.8) is 0 Å². The molecular weight excluding hydrogens is 278 g/mol. The van der Waals surface area contributed by atoms with E-state index in [2.05, 4.69) is 27.8 Å². The molecule has 2 rings (SSSR count). The lowest BCUT2D eigenvalue weighted by Crippen LogP contribution is -2.40. The summed E-state index contributed by atoms with van der Waals surface area (Å²) in [7, 11) is 0. The minimum atomic E-state index is 0.365. The van der Waals surface area contributed by atoms with Crippen LogP contribution in [-0.2, 0) is 4.79 Å². The molecule has 0 saturated heterocycles. The summed E-state index contributed by atoms with van der Waals surface area (Å²) >= 11 is 3.47. The van der Waals surface area contributed by atoms with Crippen LogP contribution >= 0.6 is 15.9 Å². The average Bonchev–Trinajstić information content (AvgIpc) is 2.95. The van der Waals surface area contributed by atoms with E-state index >= 15 is 0 Å². The number of halogens is 1. The van der Waals surface area contributed by atoms with E-state index in [1.807, 2.05) is 0 Å². The van der Waals surface area contributed by atoms with Gasteiger partial charge in [0.05, 0.1) is 0 Å². The van der Waals surface area contributed by atoms with Crippen molar-refractivity contribution in [2.45, 2.75) is 45.4 Å². The molecule has 0 aliphatic heterocycles. The van der Waals surface area contributed by atoms with E-state index in [0.29, 0.717) is 17.7 Å². The zero-order valence-corrected chi connectivity index (χ0v) is 12.4. The molecular formula is C14H24BrNO. The smallest absolute Gasteiger partial charge is 0.225 e. The number of carbonyl (C=O) groups is 1. The van der Waals surface area contributed by atoms with Gasteiger partial charge in [-0.15, -0.1) is 0 Å². The fraction of sp³-hybridized carbons (Fsp3) is 0.929. The number of hydrogen-bond donors (Lipinski definition) is 0. The molecule has 98 valence electrons. The van der Waals surface area contributed by atoms with Gasteiger partial charge in [0, 0.05) is 24.3 Å². The molecule has 0 aromatic heterocycles. The highest BCUT2D eigenvalue weighted by molar-refractivity contribution is 9.09. The Bertz CT molecular complexity index is 269. The summed E-state index contributed by atoms with van der Waals surface area (Å²) < 4.78 is 0. The second-order valence-electron chi connectivity index (χ2n) is 5.65. The highest BCUT2D eigenvalue weighted by Crippen LogP contribution is 2.48. The lowest BCUT2D eigenvalue weighted by molar-refractivity contribution is -0.137. The van der Waals surface area contributed by atoms with E-state index in [1.165, 1.54) is 32.1 Å². The van der Waals surface area contributed by atoms with Crippen molar-refractivity contribution >= 4 is 21.8 Å². The van der Waals surface area contributed by atoms with Gasteiger partial charge in [0.1, 0.15) is 0 Å². The highest BCUT2D eigenvalue weighted by Gasteiger charge is 2.44. The largest absolute Gasteiger partial charge is 0.342 e. The molecule has 2 saturated carbocycles. The summed E-state index contributed by atoms with van der Waals surface area (Å²) in [6.07, 6.45) is 7.49. The monoisotopic (exact) mass is 301 g/mol. The molecule has 0 aromatic rings. The lowest BCUT2D eigenvalue weighted by atomic mass is 9.87.